The average Bonchev–Trinajstić information content (AvgIpc) is 3.23. The number of nitrogens with zero attached hydrogens (tertiary/aromatic N) is 2. The lowest BCUT2D eigenvalue weighted by molar-refractivity contribution is 0.271. The molecule has 3 N–H and O–H groups in total. The maximum Gasteiger partial charge on any atom is 0.193 e. The molecule has 1 aromatic carbocycles. The number of rotatable bonds is 6. The van der Waals surface area contributed by atoms with Crippen LogP contribution in [0.1, 0.15) is 25.3 Å². The lowest BCUT2D eigenvalue weighted by atomic mass is 10.1. The van der Waals surface area contributed by atoms with E-state index in [4.69, 9.17) is 5.73 Å². The van der Waals surface area contributed by atoms with Crippen molar-refractivity contribution in [3.8, 4) is 0 Å². The molecular weight excluding hydrogens is 248 g/mol. The lowest BCUT2D eigenvalue weighted by Gasteiger charge is -2.22. The van der Waals surface area contributed by atoms with Gasteiger partial charge in [-0.15, -0.1) is 0 Å². The highest BCUT2D eigenvalue weighted by Gasteiger charge is 2.32. The molecule has 20 heavy (non-hydrogen) atoms. The van der Waals surface area contributed by atoms with Crippen molar-refractivity contribution >= 4 is 11.6 Å². The Morgan fingerprint density at radius 1 is 1.45 bits per heavy atom. The molecule has 4 nitrogen and oxygen atoms in total. The van der Waals surface area contributed by atoms with E-state index in [1.165, 1.54) is 18.4 Å². The molecule has 1 aliphatic carbocycles. The van der Waals surface area contributed by atoms with Crippen LogP contribution in [0.5, 0.6) is 0 Å². The van der Waals surface area contributed by atoms with Gasteiger partial charge in [0.15, 0.2) is 5.96 Å². The number of nitrogens with one attached hydrogen (secondary N) is 1. The second-order valence-electron chi connectivity index (χ2n) is 5.77. The molecule has 0 aliphatic heterocycles. The van der Waals surface area contributed by atoms with Crippen LogP contribution in [0.25, 0.3) is 0 Å². The van der Waals surface area contributed by atoms with Gasteiger partial charge >= 0.3 is 0 Å². The highest BCUT2D eigenvalue weighted by molar-refractivity contribution is 5.92. The van der Waals surface area contributed by atoms with E-state index in [0.29, 0.717) is 12.0 Å². The maximum absolute atomic E-state index is 5.99. The van der Waals surface area contributed by atoms with Crippen molar-refractivity contribution in [1.29, 1.82) is 0 Å². The third-order valence-electron chi connectivity index (χ3n) is 3.89. The third-order valence-corrected chi connectivity index (χ3v) is 3.89. The highest BCUT2D eigenvalue weighted by atomic mass is 15.2. The predicted molar refractivity (Wildman–Crippen MR) is 86.1 cm³/mol. The van der Waals surface area contributed by atoms with Crippen molar-refractivity contribution in [2.75, 3.05) is 26.0 Å². The first-order valence-corrected chi connectivity index (χ1v) is 7.42. The molecule has 2 rings (SSSR count). The molecule has 1 fully saturated rings. The van der Waals surface area contributed by atoms with Gasteiger partial charge in [-0.3, -0.25) is 4.99 Å². The number of anilines is 1. The quantitative estimate of drug-likeness (QED) is 0.618. The van der Waals surface area contributed by atoms with E-state index in [1.54, 1.807) is 0 Å². The van der Waals surface area contributed by atoms with E-state index >= 15 is 0 Å². The molecule has 1 saturated carbocycles. The smallest absolute Gasteiger partial charge is 0.193 e. The number of guanidine groups is 1. The van der Waals surface area contributed by atoms with Gasteiger partial charge in [-0.1, -0.05) is 19.1 Å². The van der Waals surface area contributed by atoms with Crippen LogP contribution >= 0.6 is 0 Å². The van der Waals surface area contributed by atoms with E-state index in [2.05, 4.69) is 48.4 Å². The number of hydrogen-bond donors (Lipinski definition) is 2. The first-order valence-electron chi connectivity index (χ1n) is 7.42. The summed E-state index contributed by atoms with van der Waals surface area (Å²) in [5.74, 6) is 1.30. The average molecular weight is 274 g/mol. The van der Waals surface area contributed by atoms with Crippen molar-refractivity contribution in [3.05, 3.63) is 29.8 Å². The van der Waals surface area contributed by atoms with Gasteiger partial charge in [-0.2, -0.15) is 0 Å². The summed E-state index contributed by atoms with van der Waals surface area (Å²) >= 11 is 0. The molecule has 0 heterocycles. The van der Waals surface area contributed by atoms with Crippen LogP contribution in [0.3, 0.4) is 0 Å². The molecule has 110 valence electrons. The zero-order chi connectivity index (χ0) is 14.5. The number of likely N-dealkylation sites (N-methyl/N-ethyl adjacent to an activating group) is 1. The molecule has 4 heteroatoms. The summed E-state index contributed by atoms with van der Waals surface area (Å²) < 4.78 is 0. The van der Waals surface area contributed by atoms with Crippen molar-refractivity contribution in [3.63, 3.8) is 0 Å². The van der Waals surface area contributed by atoms with E-state index in [-0.39, 0.29) is 0 Å². The topological polar surface area (TPSA) is 53.6 Å². The van der Waals surface area contributed by atoms with Crippen LogP contribution in [0.4, 0.5) is 5.69 Å². The van der Waals surface area contributed by atoms with Crippen molar-refractivity contribution < 1.29 is 0 Å². The molecule has 0 radical (unpaired) electrons. The second-order valence-corrected chi connectivity index (χ2v) is 5.77. The summed E-state index contributed by atoms with van der Waals surface area (Å²) in [6, 6.07) is 8.81. The molecular formula is C16H26N4. The number of nitrogens with two attached hydrogens (primary N) is 1. The second kappa shape index (κ2) is 6.75. The summed E-state index contributed by atoms with van der Waals surface area (Å²) in [6.45, 7) is 2.91. The van der Waals surface area contributed by atoms with Gasteiger partial charge < -0.3 is 16.0 Å². The Balaban J connectivity index is 1.92. The minimum absolute atomic E-state index is 0.505. The fourth-order valence-corrected chi connectivity index (χ4v) is 2.46. The van der Waals surface area contributed by atoms with Crippen LogP contribution in [-0.4, -0.2) is 37.5 Å². The zero-order valence-electron chi connectivity index (χ0n) is 12.8. The Kier molecular flexibility index (Phi) is 5.01. The number of aliphatic imine (C=N–C) groups is 1. The zero-order valence-corrected chi connectivity index (χ0v) is 12.8. The first-order chi connectivity index (χ1) is 9.60. The van der Waals surface area contributed by atoms with Gasteiger partial charge in [-0.25, -0.2) is 0 Å². The molecule has 0 bridgehead atoms. The van der Waals surface area contributed by atoms with E-state index in [0.717, 1.165) is 24.6 Å². The summed E-state index contributed by atoms with van der Waals surface area (Å²) in [5.41, 5.74) is 8.30. The Morgan fingerprint density at radius 2 is 2.20 bits per heavy atom. The normalized spacial score (nSPS) is 17.3. The molecule has 0 spiro atoms. The fourth-order valence-electron chi connectivity index (χ4n) is 2.46. The molecule has 1 unspecified atom stereocenters. The third kappa shape index (κ3) is 4.23. The Hall–Kier alpha value is -1.55. The molecule has 1 atom stereocenters. The molecule has 0 saturated heterocycles. The summed E-state index contributed by atoms with van der Waals surface area (Å²) in [4.78, 5) is 6.76. The van der Waals surface area contributed by atoms with Crippen LogP contribution < -0.4 is 11.1 Å². The summed E-state index contributed by atoms with van der Waals surface area (Å²) in [5, 5.41) is 3.18. The highest BCUT2D eigenvalue weighted by Crippen LogP contribution is 2.34. The van der Waals surface area contributed by atoms with Crippen molar-refractivity contribution in [2.45, 2.75) is 32.2 Å². The summed E-state index contributed by atoms with van der Waals surface area (Å²) in [7, 11) is 4.24. The van der Waals surface area contributed by atoms with Gasteiger partial charge in [0.05, 0.1) is 6.54 Å². The van der Waals surface area contributed by atoms with E-state index in [1.807, 2.05) is 12.1 Å². The monoisotopic (exact) mass is 274 g/mol. The summed E-state index contributed by atoms with van der Waals surface area (Å²) in [6.07, 6.45) is 3.67. The number of aryl methyl sites for hydroxylation is 1. The van der Waals surface area contributed by atoms with Crippen molar-refractivity contribution in [1.82, 2.24) is 4.90 Å². The lowest BCUT2D eigenvalue weighted by Crippen LogP contribution is -2.34. The maximum atomic E-state index is 5.99. The number of hydrogen-bond acceptors (Lipinski definition) is 2. The molecule has 0 amide bonds. The minimum Gasteiger partial charge on any atom is -0.370 e. The van der Waals surface area contributed by atoms with Gasteiger partial charge in [0.25, 0.3) is 0 Å². The standard InChI is InChI=1S/C16H26N4/c1-4-12-6-5-7-14(10-12)19-16(17)18-11-15(20(2)3)13-8-9-13/h5-7,10,13,15H,4,8-9,11H2,1-3H3,(H3,17,18,19). The van der Waals surface area contributed by atoms with Crippen LogP contribution in [0.15, 0.2) is 29.3 Å². The van der Waals surface area contributed by atoms with Gasteiger partial charge in [-0.05, 0) is 57.0 Å². The molecule has 0 aromatic heterocycles. The Morgan fingerprint density at radius 3 is 2.80 bits per heavy atom. The van der Waals surface area contributed by atoms with Crippen LogP contribution in [0.2, 0.25) is 0 Å². The van der Waals surface area contributed by atoms with E-state index < -0.39 is 0 Å². The predicted octanol–water partition coefficient (Wildman–Crippen LogP) is 2.32. The molecule has 1 aliphatic rings. The Labute approximate surface area is 122 Å². The van der Waals surface area contributed by atoms with Gasteiger partial charge in [0.2, 0.25) is 0 Å². The molecule has 1 aromatic rings. The fraction of sp³-hybridized carbons (Fsp3) is 0.562. The van der Waals surface area contributed by atoms with Crippen LogP contribution in [-0.2, 0) is 6.42 Å². The van der Waals surface area contributed by atoms with Gasteiger partial charge in [0.1, 0.15) is 0 Å². The first kappa shape index (κ1) is 14.9. The minimum atomic E-state index is 0.505. The Bertz CT molecular complexity index is 461. The van der Waals surface area contributed by atoms with Crippen molar-refractivity contribution in [2.24, 2.45) is 16.6 Å². The van der Waals surface area contributed by atoms with Crippen LogP contribution in [0, 0.1) is 5.92 Å². The number of benzene rings is 1. The largest absolute Gasteiger partial charge is 0.370 e. The van der Waals surface area contributed by atoms with Gasteiger partial charge in [0, 0.05) is 11.7 Å². The SMILES string of the molecule is CCc1cccc(NC(N)=NCC(C2CC2)N(C)C)c1. The van der Waals surface area contributed by atoms with E-state index in [9.17, 15) is 0 Å².